The number of rotatable bonds is 7. The lowest BCUT2D eigenvalue weighted by molar-refractivity contribution is 0.191. The second-order valence-corrected chi connectivity index (χ2v) is 5.74. The number of methoxy groups -OCH3 is 1. The van der Waals surface area contributed by atoms with E-state index >= 15 is 0 Å². The minimum absolute atomic E-state index is 0.302. The highest BCUT2D eigenvalue weighted by Crippen LogP contribution is 2.25. The van der Waals surface area contributed by atoms with Crippen molar-refractivity contribution in [2.75, 3.05) is 13.7 Å². The summed E-state index contributed by atoms with van der Waals surface area (Å²) in [7, 11) is 1.71. The maximum absolute atomic E-state index is 13.5. The third-order valence-electron chi connectivity index (χ3n) is 3.22. The zero-order valence-electron chi connectivity index (χ0n) is 11.3. The molecule has 0 saturated heterocycles. The van der Waals surface area contributed by atoms with Crippen LogP contribution in [-0.2, 0) is 17.2 Å². The second-order valence-electron chi connectivity index (χ2n) is 4.62. The van der Waals surface area contributed by atoms with E-state index in [-0.39, 0.29) is 5.82 Å². The van der Waals surface area contributed by atoms with Gasteiger partial charge < -0.3 is 9.30 Å². The van der Waals surface area contributed by atoms with Crippen molar-refractivity contribution in [3.05, 3.63) is 28.2 Å². The number of nitrogens with zero attached hydrogens (tertiary/aromatic N) is 2. The monoisotopic (exact) mass is 362 g/mol. The number of unbranched alkanes of at least 4 members (excludes halogenated alkanes) is 2. The van der Waals surface area contributed by atoms with E-state index in [1.165, 1.54) is 6.07 Å². The van der Waals surface area contributed by atoms with Crippen molar-refractivity contribution < 1.29 is 9.13 Å². The Morgan fingerprint density at radius 2 is 2.15 bits per heavy atom. The fraction of sp³-hybridized carbons (Fsp3) is 0.500. The lowest BCUT2D eigenvalue weighted by Gasteiger charge is -2.08. The maximum Gasteiger partial charge on any atom is 0.139 e. The summed E-state index contributed by atoms with van der Waals surface area (Å²) in [6.45, 7) is 1.62. The van der Waals surface area contributed by atoms with E-state index < -0.39 is 0 Å². The quantitative estimate of drug-likeness (QED) is 0.535. The Hall–Kier alpha value is -0.650. The Bertz CT molecular complexity index is 588. The van der Waals surface area contributed by atoms with E-state index in [0.717, 1.165) is 43.8 Å². The molecular weight excluding hydrogens is 347 g/mol. The fourth-order valence-corrected chi connectivity index (χ4v) is 2.75. The van der Waals surface area contributed by atoms with Crippen LogP contribution in [0.25, 0.3) is 11.0 Å². The van der Waals surface area contributed by atoms with Gasteiger partial charge in [0.2, 0.25) is 0 Å². The highest BCUT2D eigenvalue weighted by atomic mass is 79.9. The summed E-state index contributed by atoms with van der Waals surface area (Å²) in [5, 5.41) is 0. The molecule has 0 aliphatic rings. The molecule has 0 aliphatic carbocycles. The molecule has 3 nitrogen and oxygen atoms in total. The summed E-state index contributed by atoms with van der Waals surface area (Å²) < 4.78 is 21.1. The number of hydrogen-bond acceptors (Lipinski definition) is 2. The number of benzene rings is 1. The van der Waals surface area contributed by atoms with Crippen LogP contribution in [0, 0.1) is 5.82 Å². The van der Waals surface area contributed by atoms with Crippen LogP contribution in [-0.4, -0.2) is 23.3 Å². The molecule has 1 aromatic heterocycles. The van der Waals surface area contributed by atoms with Gasteiger partial charge >= 0.3 is 0 Å². The third kappa shape index (κ3) is 3.51. The summed E-state index contributed by atoms with van der Waals surface area (Å²) in [6, 6.07) is 3.21. The van der Waals surface area contributed by atoms with Crippen molar-refractivity contribution in [2.24, 2.45) is 0 Å². The molecule has 0 aliphatic heterocycles. The molecular formula is C14H17BrClFN2O. The highest BCUT2D eigenvalue weighted by molar-refractivity contribution is 9.10. The van der Waals surface area contributed by atoms with Crippen molar-refractivity contribution >= 4 is 38.6 Å². The van der Waals surface area contributed by atoms with E-state index in [4.69, 9.17) is 16.3 Å². The molecule has 20 heavy (non-hydrogen) atoms. The Morgan fingerprint density at radius 1 is 1.35 bits per heavy atom. The van der Waals surface area contributed by atoms with Gasteiger partial charge in [-0.05, 0) is 41.3 Å². The highest BCUT2D eigenvalue weighted by Gasteiger charge is 2.12. The number of fused-ring (bicyclic) bond motifs is 1. The maximum atomic E-state index is 13.5. The minimum atomic E-state index is -0.302. The first-order chi connectivity index (χ1) is 9.67. The van der Waals surface area contributed by atoms with Gasteiger partial charge in [-0.2, -0.15) is 0 Å². The van der Waals surface area contributed by atoms with Gasteiger partial charge in [0.25, 0.3) is 0 Å². The summed E-state index contributed by atoms with van der Waals surface area (Å²) in [5.41, 5.74) is 1.57. The number of imidazole rings is 1. The third-order valence-corrected chi connectivity index (χ3v) is 4.07. The molecule has 110 valence electrons. The number of halogens is 3. The van der Waals surface area contributed by atoms with E-state index in [2.05, 4.69) is 25.5 Å². The summed E-state index contributed by atoms with van der Waals surface area (Å²) >= 11 is 9.16. The molecule has 6 heteroatoms. The van der Waals surface area contributed by atoms with Crippen LogP contribution in [0.5, 0.6) is 0 Å². The minimum Gasteiger partial charge on any atom is -0.385 e. The van der Waals surface area contributed by atoms with Crippen molar-refractivity contribution in [1.82, 2.24) is 9.55 Å². The van der Waals surface area contributed by atoms with Gasteiger partial charge in [-0.1, -0.05) is 0 Å². The number of alkyl halides is 1. The zero-order valence-corrected chi connectivity index (χ0v) is 13.7. The molecule has 0 amide bonds. The molecule has 0 spiro atoms. The number of aromatic nitrogens is 2. The normalized spacial score (nSPS) is 11.4. The molecule has 0 atom stereocenters. The predicted octanol–water partition coefficient (Wildman–Crippen LogP) is 4.49. The molecule has 0 bridgehead atoms. The van der Waals surface area contributed by atoms with E-state index in [0.29, 0.717) is 15.9 Å². The van der Waals surface area contributed by atoms with Gasteiger partial charge in [0, 0.05) is 26.3 Å². The molecule has 2 rings (SSSR count). The van der Waals surface area contributed by atoms with E-state index in [1.54, 1.807) is 13.2 Å². The lowest BCUT2D eigenvalue weighted by Crippen LogP contribution is -2.03. The van der Waals surface area contributed by atoms with Gasteiger partial charge in [0.15, 0.2) is 0 Å². The van der Waals surface area contributed by atoms with Crippen LogP contribution in [0.4, 0.5) is 4.39 Å². The van der Waals surface area contributed by atoms with Crippen molar-refractivity contribution in [2.45, 2.75) is 31.7 Å². The molecule has 0 unspecified atom stereocenters. The molecule has 0 fully saturated rings. The van der Waals surface area contributed by atoms with Crippen LogP contribution in [0.1, 0.15) is 25.1 Å². The Balaban J connectivity index is 2.19. The average Bonchev–Trinajstić information content (AvgIpc) is 2.76. The van der Waals surface area contributed by atoms with Crippen molar-refractivity contribution in [3.63, 3.8) is 0 Å². The van der Waals surface area contributed by atoms with Gasteiger partial charge in [-0.25, -0.2) is 9.37 Å². The van der Waals surface area contributed by atoms with E-state index in [9.17, 15) is 4.39 Å². The first-order valence-corrected chi connectivity index (χ1v) is 7.89. The number of ether oxygens (including phenoxy) is 1. The Labute approximate surface area is 131 Å². The number of hydrogen-bond donors (Lipinski definition) is 0. The molecule has 0 radical (unpaired) electrons. The van der Waals surface area contributed by atoms with Crippen LogP contribution >= 0.6 is 27.5 Å². The largest absolute Gasteiger partial charge is 0.385 e. The standard InChI is InChI=1S/C14H17BrClFN2O/c1-20-6-4-2-3-5-19-13-7-10(15)11(17)8-12(13)18-14(19)9-16/h7-8H,2-6,9H2,1H3. The smallest absolute Gasteiger partial charge is 0.139 e. The molecule has 0 saturated carbocycles. The van der Waals surface area contributed by atoms with Crippen molar-refractivity contribution in [1.29, 1.82) is 0 Å². The van der Waals surface area contributed by atoms with Gasteiger partial charge in [-0.3, -0.25) is 0 Å². The first kappa shape index (κ1) is 15.7. The first-order valence-electron chi connectivity index (χ1n) is 6.56. The summed E-state index contributed by atoms with van der Waals surface area (Å²) in [5.74, 6) is 0.806. The molecule has 1 aromatic carbocycles. The van der Waals surface area contributed by atoms with Crippen LogP contribution < -0.4 is 0 Å². The summed E-state index contributed by atoms with van der Waals surface area (Å²) in [4.78, 5) is 4.39. The summed E-state index contributed by atoms with van der Waals surface area (Å²) in [6.07, 6.45) is 3.14. The second kappa shape index (κ2) is 7.38. The number of aryl methyl sites for hydroxylation is 1. The molecule has 0 N–H and O–H groups in total. The van der Waals surface area contributed by atoms with Gasteiger partial charge in [-0.15, -0.1) is 11.6 Å². The van der Waals surface area contributed by atoms with Gasteiger partial charge in [0.1, 0.15) is 11.6 Å². The van der Waals surface area contributed by atoms with Crippen LogP contribution in [0.15, 0.2) is 16.6 Å². The Morgan fingerprint density at radius 3 is 2.85 bits per heavy atom. The lowest BCUT2D eigenvalue weighted by atomic mass is 10.2. The Kier molecular flexibility index (Phi) is 5.81. The zero-order chi connectivity index (χ0) is 14.5. The molecule has 2 aromatic rings. The average molecular weight is 364 g/mol. The van der Waals surface area contributed by atoms with Crippen molar-refractivity contribution in [3.8, 4) is 0 Å². The topological polar surface area (TPSA) is 27.1 Å². The predicted molar refractivity (Wildman–Crippen MR) is 82.7 cm³/mol. The fourth-order valence-electron chi connectivity index (χ4n) is 2.21. The van der Waals surface area contributed by atoms with Gasteiger partial charge in [0.05, 0.1) is 21.4 Å². The van der Waals surface area contributed by atoms with Crippen LogP contribution in [0.2, 0.25) is 0 Å². The SMILES string of the molecule is COCCCCCn1c(CCl)nc2cc(F)c(Br)cc21. The molecule has 1 heterocycles. The van der Waals surface area contributed by atoms with E-state index in [1.807, 2.05) is 0 Å². The van der Waals surface area contributed by atoms with Crippen LogP contribution in [0.3, 0.4) is 0 Å².